The van der Waals surface area contributed by atoms with Crippen molar-refractivity contribution >= 4 is 5.91 Å². The molecule has 1 aliphatic rings. The predicted octanol–water partition coefficient (Wildman–Crippen LogP) is 3.05. The molecule has 1 aliphatic heterocycles. The number of benzene rings is 1. The lowest BCUT2D eigenvalue weighted by Crippen LogP contribution is -2.39. The Kier molecular flexibility index (Phi) is 5.39. The lowest BCUT2D eigenvalue weighted by Gasteiger charge is -2.32. The van der Waals surface area contributed by atoms with Gasteiger partial charge in [-0.1, -0.05) is 30.3 Å². The zero-order valence-corrected chi connectivity index (χ0v) is 15.5. The summed E-state index contributed by atoms with van der Waals surface area (Å²) in [5, 5.41) is 9.21. The molecule has 0 saturated carbocycles. The maximum absolute atomic E-state index is 12.7. The number of rotatable bonds is 4. The summed E-state index contributed by atoms with van der Waals surface area (Å²) in [6.45, 7) is 1.40. The number of pyridine rings is 1. The molecule has 0 spiro atoms. The van der Waals surface area contributed by atoms with Gasteiger partial charge in [0.2, 0.25) is 0 Å². The van der Waals surface area contributed by atoms with Crippen LogP contribution in [0.15, 0.2) is 61.1 Å². The molecule has 0 radical (unpaired) electrons. The van der Waals surface area contributed by atoms with Gasteiger partial charge >= 0.3 is 0 Å². The summed E-state index contributed by atoms with van der Waals surface area (Å²) in [7, 11) is 0. The number of hydrogen-bond donors (Lipinski definition) is 1. The molecule has 0 aliphatic carbocycles. The molecule has 142 valence electrons. The van der Waals surface area contributed by atoms with E-state index in [1.807, 2.05) is 47.4 Å². The van der Waals surface area contributed by atoms with Crippen LogP contribution in [0.2, 0.25) is 0 Å². The summed E-state index contributed by atoms with van der Waals surface area (Å²) < 4.78 is 0. The first kappa shape index (κ1) is 18.3. The number of aromatic nitrogens is 3. The highest BCUT2D eigenvalue weighted by molar-refractivity contribution is 5.92. The second kappa shape index (κ2) is 8.27. The number of aliphatic hydroxyl groups is 1. The van der Waals surface area contributed by atoms with E-state index in [1.165, 1.54) is 6.20 Å². The fraction of sp³-hybridized carbons (Fsp3) is 0.273. The van der Waals surface area contributed by atoms with E-state index in [-0.39, 0.29) is 18.4 Å². The normalized spacial score (nSPS) is 16.8. The number of carbonyl (C=O) groups excluding carboxylic acids is 1. The second-order valence-corrected chi connectivity index (χ2v) is 6.98. The van der Waals surface area contributed by atoms with Crippen molar-refractivity contribution in [3.05, 3.63) is 78.0 Å². The molecule has 3 heterocycles. The number of aliphatic hydroxyl groups excluding tert-OH is 1. The van der Waals surface area contributed by atoms with Gasteiger partial charge in [-0.3, -0.25) is 14.8 Å². The van der Waals surface area contributed by atoms with Crippen LogP contribution in [0.5, 0.6) is 0 Å². The van der Waals surface area contributed by atoms with E-state index in [0.717, 1.165) is 41.9 Å². The average Bonchev–Trinajstić information content (AvgIpc) is 2.79. The van der Waals surface area contributed by atoms with Crippen LogP contribution in [0.1, 0.15) is 40.5 Å². The number of likely N-dealkylation sites (tertiary alicyclic amines) is 1. The predicted molar refractivity (Wildman–Crippen MR) is 106 cm³/mol. The number of nitrogens with zero attached hydrogens (tertiary/aromatic N) is 4. The van der Waals surface area contributed by atoms with Crippen LogP contribution in [0.25, 0.3) is 11.3 Å². The fourth-order valence-electron chi connectivity index (χ4n) is 3.60. The van der Waals surface area contributed by atoms with Crippen LogP contribution in [-0.4, -0.2) is 44.0 Å². The topological polar surface area (TPSA) is 79.2 Å². The first-order valence-corrected chi connectivity index (χ1v) is 9.47. The molecule has 1 saturated heterocycles. The third-order valence-corrected chi connectivity index (χ3v) is 5.11. The maximum atomic E-state index is 12.7. The lowest BCUT2D eigenvalue weighted by atomic mass is 9.93. The van der Waals surface area contributed by atoms with Crippen molar-refractivity contribution in [2.24, 2.45) is 0 Å². The molecule has 1 unspecified atom stereocenters. The van der Waals surface area contributed by atoms with Gasteiger partial charge in [-0.25, -0.2) is 4.98 Å². The van der Waals surface area contributed by atoms with E-state index < -0.39 is 0 Å². The zero-order valence-electron chi connectivity index (χ0n) is 15.5. The molecule has 0 bridgehead atoms. The Hall–Kier alpha value is -3.12. The second-order valence-electron chi connectivity index (χ2n) is 6.98. The summed E-state index contributed by atoms with van der Waals surface area (Å²) in [6, 6.07) is 13.8. The van der Waals surface area contributed by atoms with Crippen molar-refractivity contribution in [3.8, 4) is 11.3 Å². The van der Waals surface area contributed by atoms with Gasteiger partial charge in [0.1, 0.15) is 5.69 Å². The Bertz CT molecular complexity index is 944. The SMILES string of the molecule is O=C(c1cnccn1)N1CCCC(c2cccc(-c3ccc(CO)cc3)n2)C1. The molecule has 28 heavy (non-hydrogen) atoms. The highest BCUT2D eigenvalue weighted by Crippen LogP contribution is 2.28. The molecule has 2 aromatic heterocycles. The molecule has 3 aromatic rings. The molecule has 4 rings (SSSR count). The summed E-state index contributed by atoms with van der Waals surface area (Å²) in [5.41, 5.74) is 4.18. The van der Waals surface area contributed by atoms with Gasteiger partial charge < -0.3 is 10.0 Å². The summed E-state index contributed by atoms with van der Waals surface area (Å²) >= 11 is 0. The van der Waals surface area contributed by atoms with E-state index >= 15 is 0 Å². The van der Waals surface area contributed by atoms with Gasteiger partial charge in [-0.15, -0.1) is 0 Å². The van der Waals surface area contributed by atoms with Crippen molar-refractivity contribution < 1.29 is 9.90 Å². The minimum absolute atomic E-state index is 0.0332. The zero-order chi connectivity index (χ0) is 19.3. The van der Waals surface area contributed by atoms with Gasteiger partial charge in [-0.2, -0.15) is 0 Å². The van der Waals surface area contributed by atoms with Crippen molar-refractivity contribution in [1.29, 1.82) is 0 Å². The highest BCUT2D eigenvalue weighted by Gasteiger charge is 2.27. The Labute approximate surface area is 163 Å². The molecule has 1 fully saturated rings. The quantitative estimate of drug-likeness (QED) is 0.759. The van der Waals surface area contributed by atoms with Gasteiger partial charge in [0.25, 0.3) is 5.91 Å². The molecular formula is C22H22N4O2. The van der Waals surface area contributed by atoms with E-state index in [4.69, 9.17) is 4.98 Å². The van der Waals surface area contributed by atoms with Crippen molar-refractivity contribution in [1.82, 2.24) is 19.9 Å². The summed E-state index contributed by atoms with van der Waals surface area (Å²) in [6.07, 6.45) is 6.57. The van der Waals surface area contributed by atoms with Crippen LogP contribution < -0.4 is 0 Å². The minimum atomic E-state index is -0.0754. The van der Waals surface area contributed by atoms with E-state index in [1.54, 1.807) is 12.4 Å². The molecule has 6 heteroatoms. The van der Waals surface area contributed by atoms with Crippen LogP contribution in [0.4, 0.5) is 0 Å². The van der Waals surface area contributed by atoms with E-state index in [0.29, 0.717) is 12.2 Å². The molecule has 1 atom stereocenters. The molecule has 6 nitrogen and oxygen atoms in total. The Morgan fingerprint density at radius 1 is 1.14 bits per heavy atom. The van der Waals surface area contributed by atoms with Crippen molar-refractivity contribution in [2.75, 3.05) is 13.1 Å². The standard InChI is InChI=1S/C22H22N4O2/c27-15-16-6-8-17(9-7-16)19-4-1-5-20(25-19)18-3-2-12-26(14-18)22(28)21-13-23-10-11-24-21/h1,4-11,13,18,27H,2-3,12,14-15H2. The van der Waals surface area contributed by atoms with Gasteiger partial charge in [0.15, 0.2) is 0 Å². The van der Waals surface area contributed by atoms with Crippen LogP contribution in [0, 0.1) is 0 Å². The number of amides is 1. The Balaban J connectivity index is 1.53. The third kappa shape index (κ3) is 3.92. The maximum Gasteiger partial charge on any atom is 0.274 e. The first-order valence-electron chi connectivity index (χ1n) is 9.47. The minimum Gasteiger partial charge on any atom is -0.392 e. The monoisotopic (exact) mass is 374 g/mol. The molecular weight excluding hydrogens is 352 g/mol. The van der Waals surface area contributed by atoms with Crippen LogP contribution in [0.3, 0.4) is 0 Å². The van der Waals surface area contributed by atoms with Gasteiger partial charge in [0, 0.05) is 42.7 Å². The Morgan fingerprint density at radius 3 is 2.75 bits per heavy atom. The van der Waals surface area contributed by atoms with Gasteiger partial charge in [0.05, 0.1) is 18.5 Å². The molecule has 1 amide bonds. The smallest absolute Gasteiger partial charge is 0.274 e. The summed E-state index contributed by atoms with van der Waals surface area (Å²) in [5.74, 6) is 0.125. The van der Waals surface area contributed by atoms with Crippen molar-refractivity contribution in [2.45, 2.75) is 25.4 Å². The van der Waals surface area contributed by atoms with Crippen molar-refractivity contribution in [3.63, 3.8) is 0 Å². The fourth-order valence-corrected chi connectivity index (χ4v) is 3.60. The molecule has 1 aromatic carbocycles. The number of carbonyl (C=O) groups is 1. The van der Waals surface area contributed by atoms with E-state index in [2.05, 4.69) is 9.97 Å². The van der Waals surface area contributed by atoms with Gasteiger partial charge in [-0.05, 0) is 30.5 Å². The highest BCUT2D eigenvalue weighted by atomic mass is 16.3. The van der Waals surface area contributed by atoms with Crippen LogP contribution >= 0.6 is 0 Å². The lowest BCUT2D eigenvalue weighted by molar-refractivity contribution is 0.0699. The number of piperidine rings is 1. The third-order valence-electron chi connectivity index (χ3n) is 5.11. The summed E-state index contributed by atoms with van der Waals surface area (Å²) in [4.78, 5) is 27.5. The largest absolute Gasteiger partial charge is 0.392 e. The number of hydrogen-bond acceptors (Lipinski definition) is 5. The first-order chi connectivity index (χ1) is 13.7. The average molecular weight is 374 g/mol. The molecule has 1 N–H and O–H groups in total. The van der Waals surface area contributed by atoms with Crippen LogP contribution in [-0.2, 0) is 6.61 Å². The van der Waals surface area contributed by atoms with E-state index in [9.17, 15) is 9.90 Å². The Morgan fingerprint density at radius 2 is 2.00 bits per heavy atom.